The molecule has 0 aliphatic rings. The summed E-state index contributed by atoms with van der Waals surface area (Å²) >= 11 is 0. The van der Waals surface area contributed by atoms with Gasteiger partial charge >= 0.3 is 5.97 Å². The van der Waals surface area contributed by atoms with Gasteiger partial charge in [0.1, 0.15) is 0 Å². The fraction of sp³-hybridized carbons (Fsp3) is 0.884. The lowest BCUT2D eigenvalue weighted by Gasteiger charge is -2.20. The van der Waals surface area contributed by atoms with Crippen LogP contribution in [0, 0.1) is 0 Å². The number of carbonyl (C=O) groups excluding carboxylic acids is 2. The van der Waals surface area contributed by atoms with Gasteiger partial charge < -0.3 is 20.3 Å². The van der Waals surface area contributed by atoms with Crippen LogP contribution in [0.2, 0.25) is 0 Å². The third-order valence-corrected chi connectivity index (χ3v) is 15.6. The van der Waals surface area contributed by atoms with Gasteiger partial charge in [-0.2, -0.15) is 0 Å². The Bertz CT molecular complexity index is 1210. The van der Waals surface area contributed by atoms with Crippen molar-refractivity contribution in [3.8, 4) is 0 Å². The number of aliphatic hydroxyl groups excluding tert-OH is 2. The number of nitrogens with one attached hydrogen (secondary N) is 1. The van der Waals surface area contributed by atoms with E-state index in [2.05, 4.69) is 43.5 Å². The molecule has 0 bridgehead atoms. The highest BCUT2D eigenvalue weighted by Crippen LogP contribution is 2.18. The van der Waals surface area contributed by atoms with Crippen LogP contribution in [0.3, 0.4) is 0 Å². The van der Waals surface area contributed by atoms with Gasteiger partial charge in [0, 0.05) is 12.8 Å². The lowest BCUT2D eigenvalue weighted by Crippen LogP contribution is -2.45. The van der Waals surface area contributed by atoms with Crippen molar-refractivity contribution >= 4 is 11.9 Å². The molecular weight excluding hydrogens is 923 g/mol. The van der Waals surface area contributed by atoms with Crippen LogP contribution in [0.25, 0.3) is 0 Å². The highest BCUT2D eigenvalue weighted by Gasteiger charge is 2.18. The van der Waals surface area contributed by atoms with Crippen molar-refractivity contribution < 1.29 is 24.5 Å². The Labute approximate surface area is 468 Å². The third kappa shape index (κ3) is 61.2. The van der Waals surface area contributed by atoms with E-state index in [1.54, 1.807) is 6.08 Å². The molecule has 0 radical (unpaired) electrons. The normalized spacial score (nSPS) is 12.7. The summed E-state index contributed by atoms with van der Waals surface area (Å²) in [5.74, 6) is -0.0622. The monoisotopic (exact) mass is 1050 g/mol. The molecule has 0 rings (SSSR count). The van der Waals surface area contributed by atoms with Crippen molar-refractivity contribution in [3.05, 3.63) is 36.5 Å². The van der Waals surface area contributed by atoms with E-state index in [0.717, 1.165) is 44.9 Å². The molecule has 1 amide bonds. The van der Waals surface area contributed by atoms with E-state index in [9.17, 15) is 19.8 Å². The minimum absolute atomic E-state index is 0.00486. The molecule has 6 nitrogen and oxygen atoms in total. The molecule has 0 fully saturated rings. The predicted octanol–water partition coefficient (Wildman–Crippen LogP) is 21.5. The first-order chi connectivity index (χ1) is 37.0. The molecule has 6 heteroatoms. The number of esters is 1. The molecule has 0 aromatic rings. The van der Waals surface area contributed by atoms with Crippen molar-refractivity contribution in [1.29, 1.82) is 0 Å². The van der Waals surface area contributed by atoms with E-state index in [0.29, 0.717) is 19.4 Å². The van der Waals surface area contributed by atoms with Crippen LogP contribution in [0.4, 0.5) is 0 Å². The molecule has 2 atom stereocenters. The number of rotatable bonds is 63. The molecular formula is C69H131NO5. The molecule has 0 saturated carbocycles. The van der Waals surface area contributed by atoms with Crippen LogP contribution < -0.4 is 5.32 Å². The second-order valence-corrected chi connectivity index (χ2v) is 23.1. The zero-order valence-corrected chi connectivity index (χ0v) is 50.5. The maximum absolute atomic E-state index is 12.5. The van der Waals surface area contributed by atoms with Crippen LogP contribution in [0.15, 0.2) is 36.5 Å². The van der Waals surface area contributed by atoms with Crippen LogP contribution in [0.1, 0.15) is 367 Å². The number of hydrogen-bond acceptors (Lipinski definition) is 5. The smallest absolute Gasteiger partial charge is 0.305 e. The lowest BCUT2D eigenvalue weighted by atomic mass is 10.0. The summed E-state index contributed by atoms with van der Waals surface area (Å²) in [6.45, 7) is 4.91. The number of aliphatic hydroxyl groups is 2. The molecule has 0 aromatic carbocycles. The maximum atomic E-state index is 12.5. The molecule has 0 heterocycles. The minimum atomic E-state index is -0.846. The standard InChI is InChI=1S/C69H131NO5/c1-3-5-7-9-11-13-15-17-18-19-28-31-34-38-41-45-49-53-57-61-67(72)66(65-71)70-68(73)62-58-54-50-46-42-39-35-32-29-26-24-22-20-21-23-25-27-30-33-36-40-44-48-52-56-60-64-75-69(74)63-59-55-51-47-43-37-16-14-12-10-8-6-4-2/h14,16,20,22,57,61,66-67,71-72H,3-13,15,17-19,21,23-56,58-60,62-65H2,1-2H3,(H,70,73)/b16-14-,22-20-,61-57+. The fourth-order valence-electron chi connectivity index (χ4n) is 10.4. The molecule has 442 valence electrons. The largest absolute Gasteiger partial charge is 0.466 e. The lowest BCUT2D eigenvalue weighted by molar-refractivity contribution is -0.143. The Morgan fingerprint density at radius 3 is 0.960 bits per heavy atom. The van der Waals surface area contributed by atoms with Gasteiger partial charge in [-0.3, -0.25) is 9.59 Å². The molecule has 75 heavy (non-hydrogen) atoms. The van der Waals surface area contributed by atoms with Crippen molar-refractivity contribution in [3.63, 3.8) is 0 Å². The SMILES string of the molecule is CCCCCC/C=C\CCCCCCCC(=O)OCCCCCCCCCCCCCC/C=C\CCCCCCCCCCCCC(=O)NC(CO)C(O)/C=C/CCCCCCCCCCCCCCCCCCC. The zero-order valence-electron chi connectivity index (χ0n) is 50.5. The number of allylic oxidation sites excluding steroid dienone is 5. The summed E-state index contributed by atoms with van der Waals surface area (Å²) in [5, 5.41) is 23.2. The number of amides is 1. The average Bonchev–Trinajstić information content (AvgIpc) is 3.41. The fourth-order valence-corrected chi connectivity index (χ4v) is 10.4. The van der Waals surface area contributed by atoms with Crippen LogP contribution in [-0.4, -0.2) is 47.4 Å². The molecule has 0 aliphatic carbocycles. The molecule has 0 aliphatic heterocycles. The zero-order chi connectivity index (χ0) is 54.3. The van der Waals surface area contributed by atoms with E-state index in [4.69, 9.17) is 4.74 Å². The van der Waals surface area contributed by atoms with Gasteiger partial charge in [0.2, 0.25) is 5.91 Å². The van der Waals surface area contributed by atoms with Crippen molar-refractivity contribution in [2.75, 3.05) is 13.2 Å². The van der Waals surface area contributed by atoms with Crippen molar-refractivity contribution in [2.24, 2.45) is 0 Å². The topological polar surface area (TPSA) is 95.9 Å². The van der Waals surface area contributed by atoms with Gasteiger partial charge in [-0.15, -0.1) is 0 Å². The number of carbonyl (C=O) groups is 2. The van der Waals surface area contributed by atoms with E-state index in [1.165, 1.54) is 295 Å². The molecule has 2 unspecified atom stereocenters. The van der Waals surface area contributed by atoms with Gasteiger partial charge in [-0.25, -0.2) is 0 Å². The summed E-state index contributed by atoms with van der Waals surface area (Å²) in [6.07, 6.45) is 82.1. The molecule has 0 aromatic heterocycles. The van der Waals surface area contributed by atoms with Gasteiger partial charge in [0.15, 0.2) is 0 Å². The first kappa shape index (κ1) is 73.1. The summed E-state index contributed by atoms with van der Waals surface area (Å²) in [4.78, 5) is 24.5. The van der Waals surface area contributed by atoms with E-state index in [1.807, 2.05) is 6.08 Å². The first-order valence-corrected chi connectivity index (χ1v) is 33.8. The number of hydrogen-bond donors (Lipinski definition) is 3. The van der Waals surface area contributed by atoms with Crippen LogP contribution in [-0.2, 0) is 14.3 Å². The highest BCUT2D eigenvalue weighted by atomic mass is 16.5. The highest BCUT2D eigenvalue weighted by molar-refractivity contribution is 5.76. The Kier molecular flexibility index (Phi) is 63.0. The van der Waals surface area contributed by atoms with Gasteiger partial charge in [-0.1, -0.05) is 307 Å². The minimum Gasteiger partial charge on any atom is -0.466 e. The first-order valence-electron chi connectivity index (χ1n) is 33.8. The Balaban J connectivity index is 3.42. The van der Waals surface area contributed by atoms with Crippen LogP contribution in [0.5, 0.6) is 0 Å². The predicted molar refractivity (Wildman–Crippen MR) is 329 cm³/mol. The molecule has 0 saturated heterocycles. The second-order valence-electron chi connectivity index (χ2n) is 23.1. The third-order valence-electron chi connectivity index (χ3n) is 15.6. The quantitative estimate of drug-likeness (QED) is 0.0320. The number of unbranched alkanes of at least 4 members (excludes halogenated alkanes) is 48. The summed E-state index contributed by atoms with van der Waals surface area (Å²) in [6, 6.07) is -0.630. The molecule has 0 spiro atoms. The Morgan fingerprint density at radius 1 is 0.360 bits per heavy atom. The Hall–Kier alpha value is -1.92. The van der Waals surface area contributed by atoms with Gasteiger partial charge in [-0.05, 0) is 83.5 Å². The maximum Gasteiger partial charge on any atom is 0.305 e. The van der Waals surface area contributed by atoms with Crippen molar-refractivity contribution in [1.82, 2.24) is 5.32 Å². The second kappa shape index (κ2) is 64.6. The number of ether oxygens (including phenoxy) is 1. The van der Waals surface area contributed by atoms with E-state index in [-0.39, 0.29) is 18.5 Å². The van der Waals surface area contributed by atoms with Gasteiger partial charge in [0.05, 0.1) is 25.4 Å². The molecule has 3 N–H and O–H groups in total. The van der Waals surface area contributed by atoms with Crippen LogP contribution >= 0.6 is 0 Å². The Morgan fingerprint density at radius 2 is 0.627 bits per heavy atom. The summed E-state index contributed by atoms with van der Waals surface area (Å²) in [5.41, 5.74) is 0. The summed E-state index contributed by atoms with van der Waals surface area (Å²) in [7, 11) is 0. The van der Waals surface area contributed by atoms with Gasteiger partial charge in [0.25, 0.3) is 0 Å². The average molecular weight is 1050 g/mol. The summed E-state index contributed by atoms with van der Waals surface area (Å²) < 4.78 is 5.48. The van der Waals surface area contributed by atoms with E-state index < -0.39 is 12.1 Å². The van der Waals surface area contributed by atoms with Crippen molar-refractivity contribution in [2.45, 2.75) is 379 Å². The van der Waals surface area contributed by atoms with E-state index >= 15 is 0 Å².